The molecule has 0 aromatic heterocycles. The summed E-state index contributed by atoms with van der Waals surface area (Å²) in [6, 6.07) is 8.29. The smallest absolute Gasteiger partial charge is 0.118 e. The Kier molecular flexibility index (Phi) is 7.46. The Bertz CT molecular complexity index is 311. The minimum Gasteiger partial charge on any atom is -0.497 e. The monoisotopic (exact) mass is 250 g/mol. The van der Waals surface area contributed by atoms with E-state index < -0.39 is 0 Å². The van der Waals surface area contributed by atoms with Crippen LogP contribution in [-0.4, -0.2) is 32.1 Å². The quantitative estimate of drug-likeness (QED) is 0.685. The van der Waals surface area contributed by atoms with Gasteiger partial charge in [0.15, 0.2) is 0 Å². The third-order valence-corrected chi connectivity index (χ3v) is 3.11. The highest BCUT2D eigenvalue weighted by Gasteiger charge is 2.00. The molecule has 0 aliphatic heterocycles. The zero-order chi connectivity index (χ0) is 13.2. The lowest BCUT2D eigenvalue weighted by atomic mass is 10.1. The fraction of sp³-hybridized carbons (Fsp3) is 0.600. The minimum absolute atomic E-state index is 0.821. The molecule has 18 heavy (non-hydrogen) atoms. The molecule has 3 heteroatoms. The van der Waals surface area contributed by atoms with E-state index in [0.717, 1.165) is 31.8 Å². The van der Waals surface area contributed by atoms with Gasteiger partial charge in [-0.15, -0.1) is 0 Å². The van der Waals surface area contributed by atoms with Gasteiger partial charge >= 0.3 is 0 Å². The summed E-state index contributed by atoms with van der Waals surface area (Å²) in [7, 11) is 3.87. The molecule has 2 N–H and O–H groups in total. The number of hydrogen-bond donors (Lipinski definition) is 1. The first-order valence-corrected chi connectivity index (χ1v) is 6.78. The molecule has 0 aliphatic rings. The van der Waals surface area contributed by atoms with Crippen molar-refractivity contribution in [2.75, 3.05) is 27.2 Å². The molecule has 0 atom stereocenters. The lowest BCUT2D eigenvalue weighted by Crippen LogP contribution is -2.19. The normalized spacial score (nSPS) is 10.9. The summed E-state index contributed by atoms with van der Waals surface area (Å²) in [6.07, 6.45) is 4.95. The molecule has 0 amide bonds. The molecule has 0 unspecified atom stereocenters. The summed E-state index contributed by atoms with van der Waals surface area (Å²) in [5, 5.41) is 0. The number of benzene rings is 1. The van der Waals surface area contributed by atoms with Crippen LogP contribution < -0.4 is 10.5 Å². The van der Waals surface area contributed by atoms with Gasteiger partial charge in [-0.3, -0.25) is 0 Å². The fourth-order valence-electron chi connectivity index (χ4n) is 2.00. The lowest BCUT2D eigenvalue weighted by Gasteiger charge is -2.16. The lowest BCUT2D eigenvalue weighted by molar-refractivity contribution is 0.316. The number of ether oxygens (including phenoxy) is 1. The second-order valence-electron chi connectivity index (χ2n) is 4.79. The van der Waals surface area contributed by atoms with E-state index in [9.17, 15) is 0 Å². The van der Waals surface area contributed by atoms with Crippen molar-refractivity contribution in [3.8, 4) is 5.75 Å². The van der Waals surface area contributed by atoms with Gasteiger partial charge in [-0.25, -0.2) is 0 Å². The van der Waals surface area contributed by atoms with Gasteiger partial charge in [0.25, 0.3) is 0 Å². The topological polar surface area (TPSA) is 38.5 Å². The zero-order valence-corrected chi connectivity index (χ0v) is 11.7. The second kappa shape index (κ2) is 8.95. The molecule has 0 aliphatic carbocycles. The Balaban J connectivity index is 2.20. The first kappa shape index (κ1) is 15.0. The molecule has 0 spiro atoms. The number of nitrogens with zero attached hydrogens (tertiary/aromatic N) is 1. The number of unbranched alkanes of at least 4 members (excludes halogenated alkanes) is 3. The third-order valence-electron chi connectivity index (χ3n) is 3.11. The summed E-state index contributed by atoms with van der Waals surface area (Å²) in [6.45, 7) is 2.97. The first-order chi connectivity index (χ1) is 8.76. The predicted molar refractivity (Wildman–Crippen MR) is 76.9 cm³/mol. The van der Waals surface area contributed by atoms with Crippen LogP contribution >= 0.6 is 0 Å². The number of methoxy groups -OCH3 is 1. The van der Waals surface area contributed by atoms with Gasteiger partial charge in [0.2, 0.25) is 0 Å². The van der Waals surface area contributed by atoms with Crippen molar-refractivity contribution in [1.29, 1.82) is 0 Å². The molecule has 1 aromatic rings. The van der Waals surface area contributed by atoms with Gasteiger partial charge in [0.05, 0.1) is 7.11 Å². The Morgan fingerprint density at radius 1 is 1.06 bits per heavy atom. The van der Waals surface area contributed by atoms with E-state index in [2.05, 4.69) is 24.1 Å². The van der Waals surface area contributed by atoms with Crippen LogP contribution in [0.2, 0.25) is 0 Å². The Labute approximate surface area is 111 Å². The van der Waals surface area contributed by atoms with Gasteiger partial charge in [-0.2, -0.15) is 0 Å². The van der Waals surface area contributed by atoms with Crippen LogP contribution in [-0.2, 0) is 6.54 Å². The van der Waals surface area contributed by atoms with Crippen molar-refractivity contribution in [1.82, 2.24) is 4.90 Å². The molecule has 0 bridgehead atoms. The van der Waals surface area contributed by atoms with Gasteiger partial charge in [0, 0.05) is 6.54 Å². The maximum atomic E-state index is 5.48. The van der Waals surface area contributed by atoms with Crippen LogP contribution in [0.25, 0.3) is 0 Å². The third kappa shape index (κ3) is 6.03. The van der Waals surface area contributed by atoms with Gasteiger partial charge < -0.3 is 15.4 Å². The van der Waals surface area contributed by atoms with Crippen molar-refractivity contribution in [3.63, 3.8) is 0 Å². The minimum atomic E-state index is 0.821. The van der Waals surface area contributed by atoms with Crippen molar-refractivity contribution in [2.24, 2.45) is 5.73 Å². The first-order valence-electron chi connectivity index (χ1n) is 6.78. The van der Waals surface area contributed by atoms with Crippen LogP contribution in [0.15, 0.2) is 24.3 Å². The largest absolute Gasteiger partial charge is 0.497 e. The highest BCUT2D eigenvalue weighted by molar-refractivity contribution is 5.26. The molecule has 0 saturated heterocycles. The molecule has 1 aromatic carbocycles. The van der Waals surface area contributed by atoms with Crippen LogP contribution in [0, 0.1) is 0 Å². The van der Waals surface area contributed by atoms with E-state index in [-0.39, 0.29) is 0 Å². The van der Waals surface area contributed by atoms with E-state index in [1.165, 1.54) is 24.8 Å². The number of rotatable bonds is 9. The fourth-order valence-corrected chi connectivity index (χ4v) is 2.00. The molecule has 0 fully saturated rings. The average molecular weight is 250 g/mol. The number of nitrogens with two attached hydrogens (primary N) is 1. The summed E-state index contributed by atoms with van der Waals surface area (Å²) in [5.74, 6) is 0.920. The van der Waals surface area contributed by atoms with E-state index in [0.29, 0.717) is 0 Å². The van der Waals surface area contributed by atoms with E-state index in [4.69, 9.17) is 10.5 Å². The molecular formula is C15H26N2O. The summed E-state index contributed by atoms with van der Waals surface area (Å²) in [5.41, 5.74) is 6.81. The Hall–Kier alpha value is -1.06. The Morgan fingerprint density at radius 2 is 1.72 bits per heavy atom. The van der Waals surface area contributed by atoms with Gasteiger partial charge in [0.1, 0.15) is 5.75 Å². The van der Waals surface area contributed by atoms with Crippen LogP contribution in [0.3, 0.4) is 0 Å². The maximum Gasteiger partial charge on any atom is 0.118 e. The molecule has 0 radical (unpaired) electrons. The van der Waals surface area contributed by atoms with E-state index in [1.54, 1.807) is 7.11 Å². The van der Waals surface area contributed by atoms with Crippen molar-refractivity contribution < 1.29 is 4.74 Å². The van der Waals surface area contributed by atoms with Crippen LogP contribution in [0.5, 0.6) is 5.75 Å². The van der Waals surface area contributed by atoms with Crippen LogP contribution in [0.1, 0.15) is 31.2 Å². The Morgan fingerprint density at radius 3 is 2.33 bits per heavy atom. The molecule has 0 saturated carbocycles. The highest BCUT2D eigenvalue weighted by atomic mass is 16.5. The van der Waals surface area contributed by atoms with E-state index >= 15 is 0 Å². The molecule has 102 valence electrons. The predicted octanol–water partition coefficient (Wildman–Crippen LogP) is 2.65. The number of hydrogen-bond acceptors (Lipinski definition) is 3. The average Bonchev–Trinajstić information content (AvgIpc) is 2.39. The van der Waals surface area contributed by atoms with Crippen molar-refractivity contribution >= 4 is 0 Å². The SMILES string of the molecule is COc1ccc(CN(C)CCCCCCN)cc1. The maximum absolute atomic E-state index is 5.48. The van der Waals surface area contributed by atoms with E-state index in [1.807, 2.05) is 12.1 Å². The van der Waals surface area contributed by atoms with Crippen molar-refractivity contribution in [2.45, 2.75) is 32.2 Å². The van der Waals surface area contributed by atoms with Gasteiger partial charge in [-0.1, -0.05) is 25.0 Å². The second-order valence-corrected chi connectivity index (χ2v) is 4.79. The molecule has 0 heterocycles. The van der Waals surface area contributed by atoms with Gasteiger partial charge in [-0.05, 0) is 50.7 Å². The summed E-state index contributed by atoms with van der Waals surface area (Å²) in [4.78, 5) is 2.37. The summed E-state index contributed by atoms with van der Waals surface area (Å²) < 4.78 is 5.15. The molecule has 3 nitrogen and oxygen atoms in total. The standard InChI is InChI=1S/C15H26N2O/c1-17(12-6-4-3-5-11-16)13-14-7-9-15(18-2)10-8-14/h7-10H,3-6,11-13,16H2,1-2H3. The summed E-state index contributed by atoms with van der Waals surface area (Å²) >= 11 is 0. The van der Waals surface area contributed by atoms with Crippen LogP contribution in [0.4, 0.5) is 0 Å². The molecular weight excluding hydrogens is 224 g/mol. The molecule has 1 rings (SSSR count). The zero-order valence-electron chi connectivity index (χ0n) is 11.7. The highest BCUT2D eigenvalue weighted by Crippen LogP contribution is 2.12. The van der Waals surface area contributed by atoms with Crippen molar-refractivity contribution in [3.05, 3.63) is 29.8 Å².